The molecule has 0 aliphatic rings. The quantitative estimate of drug-likeness (QED) is 0.693. The standard InChI is InChI=1S/C16H15ClF2N2O4/c17-11-9-10(5-6-12(11)25-16(18)19)21-14(22)4-1-7-20-15(23)13-3-2-8-24-13/h2-3,5-6,8-9,16H,1,4,7H2,(H,20,23)(H,21,22). The number of furan rings is 1. The van der Waals surface area contributed by atoms with E-state index >= 15 is 0 Å². The molecule has 2 amide bonds. The maximum absolute atomic E-state index is 12.1. The van der Waals surface area contributed by atoms with Gasteiger partial charge in [-0.15, -0.1) is 0 Å². The van der Waals surface area contributed by atoms with Crippen LogP contribution in [0.5, 0.6) is 5.75 Å². The second kappa shape index (κ2) is 9.03. The Morgan fingerprint density at radius 2 is 2.08 bits per heavy atom. The van der Waals surface area contributed by atoms with Gasteiger partial charge in [0.05, 0.1) is 11.3 Å². The van der Waals surface area contributed by atoms with Crippen LogP contribution < -0.4 is 15.4 Å². The Bertz CT molecular complexity index is 723. The van der Waals surface area contributed by atoms with Crippen LogP contribution in [0.15, 0.2) is 41.0 Å². The lowest BCUT2D eigenvalue weighted by atomic mass is 10.2. The van der Waals surface area contributed by atoms with Crippen LogP contribution in [0.25, 0.3) is 0 Å². The first kappa shape index (κ1) is 18.7. The topological polar surface area (TPSA) is 80.6 Å². The minimum absolute atomic E-state index is 0.0381. The van der Waals surface area contributed by atoms with Crippen molar-refractivity contribution in [2.75, 3.05) is 11.9 Å². The van der Waals surface area contributed by atoms with Crippen LogP contribution in [-0.4, -0.2) is 25.0 Å². The third-order valence-electron chi connectivity index (χ3n) is 3.04. The molecule has 2 N–H and O–H groups in total. The van der Waals surface area contributed by atoms with E-state index in [1.807, 2.05) is 0 Å². The second-order valence-corrected chi connectivity index (χ2v) is 5.32. The van der Waals surface area contributed by atoms with Crippen molar-refractivity contribution in [1.29, 1.82) is 0 Å². The first-order valence-electron chi connectivity index (χ1n) is 7.31. The van der Waals surface area contributed by atoms with E-state index in [0.29, 0.717) is 18.7 Å². The Balaban J connectivity index is 1.73. The van der Waals surface area contributed by atoms with Crippen molar-refractivity contribution in [2.45, 2.75) is 19.5 Å². The van der Waals surface area contributed by atoms with Crippen molar-refractivity contribution < 1.29 is 27.5 Å². The van der Waals surface area contributed by atoms with Gasteiger partial charge in [0.15, 0.2) is 5.76 Å². The van der Waals surface area contributed by atoms with Crippen LogP contribution in [0.1, 0.15) is 23.4 Å². The Hall–Kier alpha value is -2.61. The fraction of sp³-hybridized carbons (Fsp3) is 0.250. The van der Waals surface area contributed by atoms with Crippen LogP contribution in [-0.2, 0) is 4.79 Å². The summed E-state index contributed by atoms with van der Waals surface area (Å²) in [6, 6.07) is 7.10. The number of hydrogen-bond acceptors (Lipinski definition) is 4. The van der Waals surface area contributed by atoms with Gasteiger partial charge in [-0.3, -0.25) is 9.59 Å². The predicted octanol–water partition coefficient (Wildman–Crippen LogP) is 3.68. The number of amides is 2. The largest absolute Gasteiger partial charge is 0.459 e. The van der Waals surface area contributed by atoms with Gasteiger partial charge in [-0.2, -0.15) is 8.78 Å². The molecule has 0 fully saturated rings. The zero-order valence-electron chi connectivity index (χ0n) is 12.9. The summed E-state index contributed by atoms with van der Waals surface area (Å²) < 4.78 is 33.4. The summed E-state index contributed by atoms with van der Waals surface area (Å²) in [4.78, 5) is 23.4. The maximum atomic E-state index is 12.1. The minimum Gasteiger partial charge on any atom is -0.459 e. The van der Waals surface area contributed by atoms with Gasteiger partial charge in [0.1, 0.15) is 5.75 Å². The Morgan fingerprint density at radius 3 is 2.72 bits per heavy atom. The monoisotopic (exact) mass is 372 g/mol. The van der Waals surface area contributed by atoms with E-state index in [1.165, 1.54) is 30.5 Å². The van der Waals surface area contributed by atoms with Gasteiger partial charge < -0.3 is 19.8 Å². The van der Waals surface area contributed by atoms with Crippen LogP contribution in [0.3, 0.4) is 0 Å². The highest BCUT2D eigenvalue weighted by atomic mass is 35.5. The summed E-state index contributed by atoms with van der Waals surface area (Å²) in [7, 11) is 0. The van der Waals surface area contributed by atoms with E-state index in [-0.39, 0.29) is 34.8 Å². The molecule has 0 radical (unpaired) electrons. The predicted molar refractivity (Wildman–Crippen MR) is 87.0 cm³/mol. The van der Waals surface area contributed by atoms with E-state index in [1.54, 1.807) is 6.07 Å². The summed E-state index contributed by atoms with van der Waals surface area (Å²) in [5.41, 5.74) is 0.358. The average Bonchev–Trinajstić information content (AvgIpc) is 3.08. The van der Waals surface area contributed by atoms with Crippen molar-refractivity contribution in [3.05, 3.63) is 47.4 Å². The molecule has 1 heterocycles. The fourth-order valence-corrected chi connectivity index (χ4v) is 2.16. The SMILES string of the molecule is O=C(CCCNC(=O)c1ccco1)Nc1ccc(OC(F)F)c(Cl)c1. The highest BCUT2D eigenvalue weighted by Gasteiger charge is 2.11. The van der Waals surface area contributed by atoms with Gasteiger partial charge in [0.2, 0.25) is 5.91 Å². The molecule has 0 saturated heterocycles. The molecule has 2 rings (SSSR count). The number of anilines is 1. The third-order valence-corrected chi connectivity index (χ3v) is 3.34. The number of carbonyl (C=O) groups excluding carboxylic acids is 2. The molecular weight excluding hydrogens is 358 g/mol. The number of benzene rings is 1. The smallest absolute Gasteiger partial charge is 0.387 e. The van der Waals surface area contributed by atoms with Crippen molar-refractivity contribution in [3.8, 4) is 5.75 Å². The molecule has 134 valence electrons. The van der Waals surface area contributed by atoms with E-state index in [2.05, 4.69) is 15.4 Å². The van der Waals surface area contributed by atoms with E-state index in [9.17, 15) is 18.4 Å². The van der Waals surface area contributed by atoms with Gasteiger partial charge >= 0.3 is 6.61 Å². The summed E-state index contributed by atoms with van der Waals surface area (Å²) >= 11 is 5.80. The van der Waals surface area contributed by atoms with Crippen LogP contribution in [0, 0.1) is 0 Å². The number of rotatable bonds is 8. The summed E-state index contributed by atoms with van der Waals surface area (Å²) in [5.74, 6) is -0.627. The zero-order valence-corrected chi connectivity index (χ0v) is 13.7. The fourth-order valence-electron chi connectivity index (χ4n) is 1.94. The van der Waals surface area contributed by atoms with Crippen molar-refractivity contribution >= 4 is 29.1 Å². The van der Waals surface area contributed by atoms with Gasteiger partial charge in [-0.1, -0.05) is 11.6 Å². The summed E-state index contributed by atoms with van der Waals surface area (Å²) in [6.07, 6.45) is 1.97. The first-order chi connectivity index (χ1) is 12.0. The number of halogens is 3. The molecule has 25 heavy (non-hydrogen) atoms. The number of ether oxygens (including phenoxy) is 1. The Kier molecular flexibility index (Phi) is 6.76. The molecule has 1 aromatic carbocycles. The maximum Gasteiger partial charge on any atom is 0.387 e. The number of hydrogen-bond donors (Lipinski definition) is 2. The molecule has 9 heteroatoms. The average molecular weight is 373 g/mol. The van der Waals surface area contributed by atoms with Crippen molar-refractivity contribution in [1.82, 2.24) is 5.32 Å². The molecular formula is C16H15ClF2N2O4. The number of nitrogens with one attached hydrogen (secondary N) is 2. The molecule has 2 aromatic rings. The molecule has 6 nitrogen and oxygen atoms in total. The zero-order chi connectivity index (χ0) is 18.2. The van der Waals surface area contributed by atoms with E-state index in [4.69, 9.17) is 16.0 Å². The lowest BCUT2D eigenvalue weighted by Gasteiger charge is -2.09. The Labute approximate surface area is 147 Å². The number of alkyl halides is 2. The van der Waals surface area contributed by atoms with Gasteiger partial charge in [0.25, 0.3) is 5.91 Å². The van der Waals surface area contributed by atoms with Crippen LogP contribution in [0.2, 0.25) is 5.02 Å². The lowest BCUT2D eigenvalue weighted by molar-refractivity contribution is -0.116. The highest BCUT2D eigenvalue weighted by molar-refractivity contribution is 6.32. The van der Waals surface area contributed by atoms with Gasteiger partial charge in [-0.05, 0) is 36.8 Å². The van der Waals surface area contributed by atoms with E-state index < -0.39 is 6.61 Å². The normalized spacial score (nSPS) is 10.6. The third kappa shape index (κ3) is 6.07. The van der Waals surface area contributed by atoms with Crippen molar-refractivity contribution in [2.24, 2.45) is 0 Å². The van der Waals surface area contributed by atoms with Crippen LogP contribution in [0.4, 0.5) is 14.5 Å². The molecule has 0 atom stereocenters. The van der Waals surface area contributed by atoms with E-state index in [0.717, 1.165) is 0 Å². The summed E-state index contributed by atoms with van der Waals surface area (Å²) in [5, 5.41) is 5.16. The molecule has 0 aliphatic carbocycles. The molecule has 0 saturated carbocycles. The molecule has 0 bridgehead atoms. The summed E-state index contributed by atoms with van der Waals surface area (Å²) in [6.45, 7) is -2.68. The highest BCUT2D eigenvalue weighted by Crippen LogP contribution is 2.28. The molecule has 0 aliphatic heterocycles. The Morgan fingerprint density at radius 1 is 1.28 bits per heavy atom. The van der Waals surface area contributed by atoms with Gasteiger partial charge in [0, 0.05) is 18.7 Å². The first-order valence-corrected chi connectivity index (χ1v) is 7.69. The molecule has 0 spiro atoms. The molecule has 0 unspecified atom stereocenters. The van der Waals surface area contributed by atoms with Crippen molar-refractivity contribution in [3.63, 3.8) is 0 Å². The number of carbonyl (C=O) groups is 2. The minimum atomic E-state index is -2.98. The lowest BCUT2D eigenvalue weighted by Crippen LogP contribution is -2.25. The van der Waals surface area contributed by atoms with Gasteiger partial charge in [-0.25, -0.2) is 0 Å². The second-order valence-electron chi connectivity index (χ2n) is 4.91. The molecule has 1 aromatic heterocycles. The van der Waals surface area contributed by atoms with Crippen LogP contribution >= 0.6 is 11.6 Å².